The summed E-state index contributed by atoms with van der Waals surface area (Å²) in [6.45, 7) is 2.42. The molecule has 5 heteroatoms. The van der Waals surface area contributed by atoms with Crippen molar-refractivity contribution in [2.75, 3.05) is 26.8 Å². The van der Waals surface area contributed by atoms with Crippen molar-refractivity contribution in [3.8, 4) is 11.5 Å². The molecule has 1 unspecified atom stereocenters. The highest BCUT2D eigenvalue weighted by atomic mass is 79.9. The van der Waals surface area contributed by atoms with E-state index in [4.69, 9.17) is 14.2 Å². The molecule has 0 radical (unpaired) electrons. The van der Waals surface area contributed by atoms with Gasteiger partial charge in [-0.1, -0.05) is 15.9 Å². The first-order valence-electron chi connectivity index (χ1n) is 7.65. The lowest BCUT2D eigenvalue weighted by atomic mass is 10.1. The largest absolute Gasteiger partial charge is 0.493 e. The Balaban J connectivity index is 1.94. The van der Waals surface area contributed by atoms with Gasteiger partial charge in [-0.05, 0) is 37.8 Å². The standard InChI is InChI=1S/C16H22BrNO3/c1-19-13-7-6-12(17)15(14-10-18-8-9-20-14)16(13)21-11-4-2-3-5-11/h6-7,11,14,18H,2-5,8-10H2,1H3. The second-order valence-electron chi connectivity index (χ2n) is 5.58. The average molecular weight is 356 g/mol. The molecule has 2 aliphatic rings. The van der Waals surface area contributed by atoms with E-state index in [-0.39, 0.29) is 6.10 Å². The first-order chi connectivity index (χ1) is 10.3. The van der Waals surface area contributed by atoms with E-state index in [9.17, 15) is 0 Å². The Hall–Kier alpha value is -0.780. The number of ether oxygens (including phenoxy) is 3. The number of nitrogens with one attached hydrogen (secondary N) is 1. The molecule has 1 atom stereocenters. The fourth-order valence-electron chi connectivity index (χ4n) is 3.06. The van der Waals surface area contributed by atoms with Crippen molar-refractivity contribution >= 4 is 15.9 Å². The van der Waals surface area contributed by atoms with Gasteiger partial charge in [0.1, 0.15) is 0 Å². The first-order valence-corrected chi connectivity index (χ1v) is 8.44. The molecule has 1 N–H and O–H groups in total. The van der Waals surface area contributed by atoms with Gasteiger partial charge in [0.05, 0.1) is 25.9 Å². The third-order valence-electron chi connectivity index (χ3n) is 4.16. The number of benzene rings is 1. The van der Waals surface area contributed by atoms with Crippen LogP contribution < -0.4 is 14.8 Å². The molecule has 1 aromatic carbocycles. The van der Waals surface area contributed by atoms with Crippen LogP contribution in [0.4, 0.5) is 0 Å². The minimum absolute atomic E-state index is 0.000344. The normalized spacial score (nSPS) is 23.2. The molecule has 2 fully saturated rings. The molecule has 1 saturated carbocycles. The summed E-state index contributed by atoms with van der Waals surface area (Å²) in [6, 6.07) is 3.96. The Morgan fingerprint density at radius 1 is 1.29 bits per heavy atom. The third-order valence-corrected chi connectivity index (χ3v) is 4.85. The number of morpholine rings is 1. The second kappa shape index (κ2) is 6.99. The zero-order valence-electron chi connectivity index (χ0n) is 12.4. The molecule has 116 valence electrons. The summed E-state index contributed by atoms with van der Waals surface area (Å²) in [7, 11) is 1.69. The van der Waals surface area contributed by atoms with E-state index in [0.29, 0.717) is 6.10 Å². The molecule has 0 bridgehead atoms. The van der Waals surface area contributed by atoms with Gasteiger partial charge in [0, 0.05) is 23.1 Å². The van der Waals surface area contributed by atoms with Gasteiger partial charge in [-0.3, -0.25) is 0 Å². The molecule has 1 heterocycles. The van der Waals surface area contributed by atoms with Crippen LogP contribution in [0.5, 0.6) is 11.5 Å². The van der Waals surface area contributed by atoms with Crippen molar-refractivity contribution < 1.29 is 14.2 Å². The van der Waals surface area contributed by atoms with Gasteiger partial charge >= 0.3 is 0 Å². The Kier molecular flexibility index (Phi) is 5.03. The van der Waals surface area contributed by atoms with Gasteiger partial charge in [-0.25, -0.2) is 0 Å². The summed E-state index contributed by atoms with van der Waals surface area (Å²) in [6.07, 6.45) is 5.04. The lowest BCUT2D eigenvalue weighted by Gasteiger charge is -2.28. The average Bonchev–Trinajstić information content (AvgIpc) is 3.02. The third kappa shape index (κ3) is 3.35. The molecule has 1 aliphatic heterocycles. The summed E-state index contributed by atoms with van der Waals surface area (Å²) in [5.74, 6) is 1.63. The molecule has 1 aliphatic carbocycles. The van der Waals surface area contributed by atoms with Crippen LogP contribution in [0.3, 0.4) is 0 Å². The monoisotopic (exact) mass is 355 g/mol. The maximum absolute atomic E-state index is 6.30. The van der Waals surface area contributed by atoms with Gasteiger partial charge in [0.15, 0.2) is 11.5 Å². The number of hydrogen-bond acceptors (Lipinski definition) is 4. The predicted molar refractivity (Wildman–Crippen MR) is 85.1 cm³/mol. The smallest absolute Gasteiger partial charge is 0.168 e. The first kappa shape index (κ1) is 15.1. The van der Waals surface area contributed by atoms with Gasteiger partial charge in [-0.15, -0.1) is 0 Å². The summed E-state index contributed by atoms with van der Waals surface area (Å²) in [5, 5.41) is 3.38. The van der Waals surface area contributed by atoms with E-state index in [1.807, 2.05) is 12.1 Å². The SMILES string of the molecule is COc1ccc(Br)c(C2CNCCO2)c1OC1CCCC1. The molecule has 1 aromatic rings. The highest BCUT2D eigenvalue weighted by Gasteiger charge is 2.27. The van der Waals surface area contributed by atoms with E-state index in [1.165, 1.54) is 12.8 Å². The Morgan fingerprint density at radius 3 is 2.76 bits per heavy atom. The topological polar surface area (TPSA) is 39.7 Å². The second-order valence-corrected chi connectivity index (χ2v) is 6.43. The maximum atomic E-state index is 6.30. The fraction of sp³-hybridized carbons (Fsp3) is 0.625. The van der Waals surface area contributed by atoms with Crippen molar-refractivity contribution in [3.05, 3.63) is 22.2 Å². The molecule has 1 saturated heterocycles. The highest BCUT2D eigenvalue weighted by molar-refractivity contribution is 9.10. The minimum atomic E-state index is -0.000344. The van der Waals surface area contributed by atoms with Crippen LogP contribution in [-0.4, -0.2) is 32.9 Å². The zero-order valence-corrected chi connectivity index (χ0v) is 13.9. The van der Waals surface area contributed by atoms with Crippen LogP contribution in [0.2, 0.25) is 0 Å². The number of methoxy groups -OCH3 is 1. The maximum Gasteiger partial charge on any atom is 0.168 e. The lowest BCUT2D eigenvalue weighted by Crippen LogP contribution is -2.34. The Morgan fingerprint density at radius 2 is 2.10 bits per heavy atom. The number of halogens is 1. The van der Waals surface area contributed by atoms with Gasteiger partial charge in [0.25, 0.3) is 0 Å². The van der Waals surface area contributed by atoms with Crippen LogP contribution >= 0.6 is 15.9 Å². The lowest BCUT2D eigenvalue weighted by molar-refractivity contribution is 0.0242. The van der Waals surface area contributed by atoms with Crippen molar-refractivity contribution in [3.63, 3.8) is 0 Å². The van der Waals surface area contributed by atoms with Crippen molar-refractivity contribution in [2.45, 2.75) is 37.9 Å². The molecule has 4 nitrogen and oxygen atoms in total. The Bertz CT molecular complexity index is 483. The van der Waals surface area contributed by atoms with Crippen molar-refractivity contribution in [1.82, 2.24) is 5.32 Å². The van der Waals surface area contributed by atoms with E-state index in [0.717, 1.165) is 54.1 Å². The quantitative estimate of drug-likeness (QED) is 0.897. The molecule has 0 spiro atoms. The van der Waals surface area contributed by atoms with Gasteiger partial charge < -0.3 is 19.5 Å². The van der Waals surface area contributed by atoms with Crippen molar-refractivity contribution in [1.29, 1.82) is 0 Å². The predicted octanol–water partition coefficient (Wildman–Crippen LogP) is 3.44. The molecule has 0 amide bonds. The molecule has 0 aromatic heterocycles. The summed E-state index contributed by atoms with van der Waals surface area (Å²) >= 11 is 3.65. The van der Waals surface area contributed by atoms with E-state index in [2.05, 4.69) is 21.2 Å². The molecular formula is C16H22BrNO3. The van der Waals surface area contributed by atoms with Crippen LogP contribution in [-0.2, 0) is 4.74 Å². The summed E-state index contributed by atoms with van der Waals surface area (Å²) in [5.41, 5.74) is 1.06. The van der Waals surface area contributed by atoms with Gasteiger partial charge in [-0.2, -0.15) is 0 Å². The highest BCUT2D eigenvalue weighted by Crippen LogP contribution is 2.43. The molecule has 21 heavy (non-hydrogen) atoms. The number of hydrogen-bond donors (Lipinski definition) is 1. The van der Waals surface area contributed by atoms with E-state index < -0.39 is 0 Å². The summed E-state index contributed by atoms with van der Waals surface area (Å²) in [4.78, 5) is 0. The zero-order chi connectivity index (χ0) is 14.7. The van der Waals surface area contributed by atoms with Crippen LogP contribution in [0.15, 0.2) is 16.6 Å². The van der Waals surface area contributed by atoms with E-state index >= 15 is 0 Å². The van der Waals surface area contributed by atoms with Crippen molar-refractivity contribution in [2.24, 2.45) is 0 Å². The van der Waals surface area contributed by atoms with Crippen LogP contribution in [0.1, 0.15) is 37.4 Å². The van der Waals surface area contributed by atoms with Crippen LogP contribution in [0.25, 0.3) is 0 Å². The molecule has 3 rings (SSSR count). The Labute approximate surface area is 134 Å². The molecular weight excluding hydrogens is 334 g/mol. The fourth-order valence-corrected chi connectivity index (χ4v) is 3.63. The van der Waals surface area contributed by atoms with Gasteiger partial charge in [0.2, 0.25) is 0 Å². The van der Waals surface area contributed by atoms with Crippen LogP contribution in [0, 0.1) is 0 Å². The number of rotatable bonds is 4. The summed E-state index contributed by atoms with van der Waals surface area (Å²) < 4.78 is 18.8. The van der Waals surface area contributed by atoms with E-state index in [1.54, 1.807) is 7.11 Å². The minimum Gasteiger partial charge on any atom is -0.493 e.